The van der Waals surface area contributed by atoms with Gasteiger partial charge in [0.05, 0.1) is 16.7 Å². The van der Waals surface area contributed by atoms with Crippen molar-refractivity contribution in [3.05, 3.63) is 48.2 Å². The number of hydrogen-bond donors (Lipinski definition) is 1. The van der Waals surface area contributed by atoms with E-state index in [4.69, 9.17) is 10.7 Å². The van der Waals surface area contributed by atoms with Gasteiger partial charge in [0.1, 0.15) is 5.65 Å². The van der Waals surface area contributed by atoms with Crippen molar-refractivity contribution < 1.29 is 4.79 Å². The van der Waals surface area contributed by atoms with Crippen molar-refractivity contribution in [2.45, 2.75) is 51.1 Å². The van der Waals surface area contributed by atoms with E-state index in [2.05, 4.69) is 44.3 Å². The van der Waals surface area contributed by atoms with Gasteiger partial charge in [0.25, 0.3) is 5.91 Å². The van der Waals surface area contributed by atoms with Gasteiger partial charge in [0.15, 0.2) is 5.82 Å². The average molecular weight is 483 g/mol. The Morgan fingerprint density at radius 1 is 1.06 bits per heavy atom. The summed E-state index contributed by atoms with van der Waals surface area (Å²) < 4.78 is 4.49. The fourth-order valence-electron chi connectivity index (χ4n) is 6.62. The molecule has 7 rings (SSSR count). The highest BCUT2D eigenvalue weighted by Crippen LogP contribution is 2.36. The molecule has 2 aliphatic carbocycles. The van der Waals surface area contributed by atoms with Crippen LogP contribution in [0.2, 0.25) is 0 Å². The molecule has 0 spiro atoms. The number of aryl methyl sites for hydroxylation is 1. The summed E-state index contributed by atoms with van der Waals surface area (Å²) in [4.78, 5) is 25.5. The van der Waals surface area contributed by atoms with Gasteiger partial charge in [0.2, 0.25) is 0 Å². The number of rotatable bonds is 4. The molecule has 1 amide bonds. The minimum absolute atomic E-state index is 0.128. The smallest absolute Gasteiger partial charge is 0.253 e. The zero-order valence-corrected chi connectivity index (χ0v) is 20.9. The zero-order valence-electron chi connectivity index (χ0n) is 20.9. The molecule has 3 aliphatic rings. The monoisotopic (exact) mass is 482 g/mol. The molecular formula is C29H34N6O. The van der Waals surface area contributed by atoms with Gasteiger partial charge in [-0.1, -0.05) is 0 Å². The molecule has 2 bridgehead atoms. The quantitative estimate of drug-likeness (QED) is 0.461. The van der Waals surface area contributed by atoms with E-state index in [1.807, 2.05) is 24.4 Å². The van der Waals surface area contributed by atoms with Crippen molar-refractivity contribution in [1.29, 1.82) is 0 Å². The van der Waals surface area contributed by atoms with Crippen LogP contribution < -0.4 is 5.73 Å². The van der Waals surface area contributed by atoms with Gasteiger partial charge in [-0.15, -0.1) is 0 Å². The number of carbonyl (C=O) groups excluding carboxylic acids is 1. The molecule has 3 aromatic heterocycles. The van der Waals surface area contributed by atoms with Crippen molar-refractivity contribution in [2.24, 2.45) is 30.5 Å². The minimum atomic E-state index is 0.128. The highest BCUT2D eigenvalue weighted by molar-refractivity contribution is 5.98. The van der Waals surface area contributed by atoms with E-state index < -0.39 is 0 Å². The first-order valence-electron chi connectivity index (χ1n) is 13.5. The Labute approximate surface area is 211 Å². The number of benzene rings is 1. The number of pyridine rings is 1. The molecule has 4 aromatic rings. The third kappa shape index (κ3) is 3.81. The number of fused-ring (bicyclic) bond motifs is 5. The second kappa shape index (κ2) is 8.44. The third-order valence-electron chi connectivity index (χ3n) is 8.65. The van der Waals surface area contributed by atoms with E-state index >= 15 is 0 Å². The van der Waals surface area contributed by atoms with E-state index in [-0.39, 0.29) is 11.9 Å². The molecule has 0 radical (unpaired) electrons. The van der Waals surface area contributed by atoms with Gasteiger partial charge in [-0.25, -0.2) is 9.97 Å². The second-order valence-electron chi connectivity index (χ2n) is 11.4. The fraction of sp³-hybridized carbons (Fsp3) is 0.483. The van der Waals surface area contributed by atoms with Crippen molar-refractivity contribution in [3.63, 3.8) is 0 Å². The number of amides is 1. The molecule has 2 unspecified atom stereocenters. The van der Waals surface area contributed by atoms with Crippen molar-refractivity contribution >= 4 is 28.0 Å². The maximum absolute atomic E-state index is 13.6. The number of aromatic nitrogens is 4. The Morgan fingerprint density at radius 3 is 2.58 bits per heavy atom. The first kappa shape index (κ1) is 22.0. The van der Waals surface area contributed by atoms with Gasteiger partial charge in [-0.3, -0.25) is 4.79 Å². The molecule has 2 atom stereocenters. The number of hydrogen-bond acceptors (Lipinski definition) is 4. The molecule has 186 valence electrons. The fourth-order valence-corrected chi connectivity index (χ4v) is 6.62. The first-order valence-corrected chi connectivity index (χ1v) is 13.5. The molecule has 7 heteroatoms. The molecule has 1 aliphatic heterocycles. The lowest BCUT2D eigenvalue weighted by molar-refractivity contribution is 0.0697. The average Bonchev–Trinajstić information content (AvgIpc) is 3.61. The standard InChI is InChI=1S/C29H34N6O/c1-33-25-9-8-22(29(36)34-15-19-6-7-20(16-34)12-23(30)11-19)13-24(25)32-28(33)26-14-21-3-2-10-31-27(21)35(26)17-18-4-5-18/h2-3,8-10,13-14,18-20,23H,4-7,11-12,15-17,30H2,1H3. The summed E-state index contributed by atoms with van der Waals surface area (Å²) in [5.74, 6) is 2.81. The number of imidazole rings is 1. The molecule has 2 saturated carbocycles. The summed E-state index contributed by atoms with van der Waals surface area (Å²) in [5.41, 5.74) is 11.1. The summed E-state index contributed by atoms with van der Waals surface area (Å²) in [6, 6.07) is 12.6. The molecule has 36 heavy (non-hydrogen) atoms. The zero-order chi connectivity index (χ0) is 24.4. The SMILES string of the molecule is Cn1c(-c2cc3cccnc3n2CC2CC2)nc2cc(C(=O)N3CC4CCC(CC(N)C4)C3)ccc21. The Hall–Kier alpha value is -3.19. The van der Waals surface area contributed by atoms with Crippen molar-refractivity contribution in [2.75, 3.05) is 13.1 Å². The lowest BCUT2D eigenvalue weighted by atomic mass is 9.95. The summed E-state index contributed by atoms with van der Waals surface area (Å²) in [7, 11) is 2.07. The molecule has 3 fully saturated rings. The van der Waals surface area contributed by atoms with Crippen molar-refractivity contribution in [1.82, 2.24) is 24.0 Å². The summed E-state index contributed by atoms with van der Waals surface area (Å²) in [6.45, 7) is 2.62. The predicted octanol–water partition coefficient (Wildman–Crippen LogP) is 4.59. The molecule has 1 saturated heterocycles. The number of likely N-dealkylation sites (tertiary alicyclic amines) is 1. The van der Waals surface area contributed by atoms with Crippen LogP contribution in [0, 0.1) is 17.8 Å². The Balaban J connectivity index is 1.24. The Bertz CT molecular complexity index is 1450. The highest BCUT2D eigenvalue weighted by atomic mass is 16.2. The predicted molar refractivity (Wildman–Crippen MR) is 141 cm³/mol. The van der Waals surface area contributed by atoms with Gasteiger partial charge in [-0.05, 0) is 92.7 Å². The third-order valence-corrected chi connectivity index (χ3v) is 8.65. The van der Waals surface area contributed by atoms with E-state index in [1.54, 1.807) is 0 Å². The van der Waals surface area contributed by atoms with Crippen molar-refractivity contribution in [3.8, 4) is 11.5 Å². The van der Waals surface area contributed by atoms with Crippen LogP contribution in [0.5, 0.6) is 0 Å². The van der Waals surface area contributed by atoms with Crippen LogP contribution in [-0.2, 0) is 13.6 Å². The van der Waals surface area contributed by atoms with Crippen LogP contribution in [0.3, 0.4) is 0 Å². The van der Waals surface area contributed by atoms with Crippen LogP contribution in [0.4, 0.5) is 0 Å². The van der Waals surface area contributed by atoms with Crippen LogP contribution in [0.15, 0.2) is 42.6 Å². The maximum Gasteiger partial charge on any atom is 0.253 e. The molecular weight excluding hydrogens is 448 g/mol. The van der Waals surface area contributed by atoms with Gasteiger partial charge in [0, 0.05) is 49.9 Å². The molecule has 2 N–H and O–H groups in total. The number of nitrogens with two attached hydrogens (primary N) is 1. The lowest BCUT2D eigenvalue weighted by Crippen LogP contribution is -2.41. The first-order chi connectivity index (χ1) is 17.5. The summed E-state index contributed by atoms with van der Waals surface area (Å²) >= 11 is 0. The Morgan fingerprint density at radius 2 is 1.83 bits per heavy atom. The summed E-state index contributed by atoms with van der Waals surface area (Å²) in [6.07, 6.45) is 8.88. The topological polar surface area (TPSA) is 82.0 Å². The number of carbonyl (C=O) groups is 1. The van der Waals surface area contributed by atoms with E-state index in [1.165, 1.54) is 25.7 Å². The molecule has 7 nitrogen and oxygen atoms in total. The van der Waals surface area contributed by atoms with Crippen LogP contribution >= 0.6 is 0 Å². The normalized spacial score (nSPS) is 24.4. The van der Waals surface area contributed by atoms with Gasteiger partial charge in [-0.2, -0.15) is 0 Å². The van der Waals surface area contributed by atoms with E-state index in [0.717, 1.165) is 77.5 Å². The summed E-state index contributed by atoms with van der Waals surface area (Å²) in [5, 5.41) is 1.14. The van der Waals surface area contributed by atoms with E-state index in [0.29, 0.717) is 11.8 Å². The highest BCUT2D eigenvalue weighted by Gasteiger charge is 2.33. The van der Waals surface area contributed by atoms with Gasteiger partial charge < -0.3 is 19.8 Å². The number of nitrogens with zero attached hydrogens (tertiary/aromatic N) is 5. The minimum Gasteiger partial charge on any atom is -0.338 e. The second-order valence-corrected chi connectivity index (χ2v) is 11.4. The van der Waals surface area contributed by atoms with Crippen LogP contribution in [-0.4, -0.2) is 49.0 Å². The molecule has 4 heterocycles. The van der Waals surface area contributed by atoms with Crippen LogP contribution in [0.25, 0.3) is 33.6 Å². The van der Waals surface area contributed by atoms with Crippen LogP contribution in [0.1, 0.15) is 48.9 Å². The van der Waals surface area contributed by atoms with E-state index in [9.17, 15) is 4.79 Å². The Kier molecular flexibility index (Phi) is 5.17. The molecule has 1 aromatic carbocycles. The largest absolute Gasteiger partial charge is 0.338 e. The maximum atomic E-state index is 13.6. The van der Waals surface area contributed by atoms with Gasteiger partial charge >= 0.3 is 0 Å². The lowest BCUT2D eigenvalue weighted by Gasteiger charge is -2.31.